The number of sulfonamides is 1. The van der Waals surface area contributed by atoms with E-state index in [9.17, 15) is 18.0 Å². The van der Waals surface area contributed by atoms with Crippen LogP contribution in [0.2, 0.25) is 0 Å². The highest BCUT2D eigenvalue weighted by molar-refractivity contribution is 7.89. The molecule has 0 spiro atoms. The number of aryl methyl sites for hydroxylation is 1. The Balaban J connectivity index is 1.59. The molecule has 8 heteroatoms. The van der Waals surface area contributed by atoms with Gasteiger partial charge < -0.3 is 10.3 Å². The number of carbonyl (C=O) groups is 1. The number of fused-ring (bicyclic) bond motifs is 2. The van der Waals surface area contributed by atoms with Gasteiger partial charge in [-0.1, -0.05) is 26.0 Å². The average Bonchev–Trinajstić information content (AvgIpc) is 2.78. The summed E-state index contributed by atoms with van der Waals surface area (Å²) in [6, 6.07) is 12.4. The molecule has 1 aliphatic carbocycles. The third-order valence-electron chi connectivity index (χ3n) is 5.98. The van der Waals surface area contributed by atoms with Crippen LogP contribution in [0, 0.1) is 5.92 Å². The van der Waals surface area contributed by atoms with Gasteiger partial charge in [0.15, 0.2) is 0 Å². The van der Waals surface area contributed by atoms with E-state index in [2.05, 4.69) is 21.1 Å². The number of benzene rings is 2. The third-order valence-corrected chi connectivity index (χ3v) is 7.45. The van der Waals surface area contributed by atoms with Crippen molar-refractivity contribution < 1.29 is 13.2 Å². The van der Waals surface area contributed by atoms with E-state index in [1.807, 2.05) is 26.0 Å². The topological polar surface area (TPSA) is 108 Å². The van der Waals surface area contributed by atoms with Crippen molar-refractivity contribution in [3.8, 4) is 0 Å². The zero-order chi connectivity index (χ0) is 23.6. The van der Waals surface area contributed by atoms with Crippen LogP contribution in [0.5, 0.6) is 0 Å². The summed E-state index contributed by atoms with van der Waals surface area (Å²) in [4.78, 5) is 27.4. The standard InChI is InChI=1S/C25H29N3O4S/c1-16(2)14-23(25(30)27-22-9-5-7-17-6-3-4-8-20(17)22)28-33(31,32)19-11-12-21-18(15-19)10-13-24(29)26-21/h5,7,9-13,15-16,23,28H,3-4,6,8,14H2,1-2H3,(H,26,29)(H,27,30)/t23-/m0/s1. The van der Waals surface area contributed by atoms with Gasteiger partial charge in [0.2, 0.25) is 21.5 Å². The summed E-state index contributed by atoms with van der Waals surface area (Å²) < 4.78 is 28.9. The number of carbonyl (C=O) groups excluding carboxylic acids is 1. The predicted molar refractivity (Wildman–Crippen MR) is 130 cm³/mol. The Bertz CT molecular complexity index is 1350. The van der Waals surface area contributed by atoms with Crippen molar-refractivity contribution in [1.82, 2.24) is 9.71 Å². The molecule has 0 unspecified atom stereocenters. The molecule has 0 bridgehead atoms. The van der Waals surface area contributed by atoms with Crippen LogP contribution in [0.15, 0.2) is 58.2 Å². The van der Waals surface area contributed by atoms with Gasteiger partial charge in [-0.3, -0.25) is 9.59 Å². The molecule has 0 saturated carbocycles. The Morgan fingerprint density at radius 3 is 2.64 bits per heavy atom. The minimum atomic E-state index is -3.96. The first-order chi connectivity index (χ1) is 15.7. The zero-order valence-corrected chi connectivity index (χ0v) is 19.7. The van der Waals surface area contributed by atoms with Gasteiger partial charge in [-0.05, 0) is 84.9 Å². The van der Waals surface area contributed by atoms with Gasteiger partial charge in [0, 0.05) is 17.3 Å². The molecule has 4 rings (SSSR count). The highest BCUT2D eigenvalue weighted by Gasteiger charge is 2.27. The van der Waals surface area contributed by atoms with Crippen LogP contribution >= 0.6 is 0 Å². The van der Waals surface area contributed by atoms with Crippen LogP contribution in [0.4, 0.5) is 5.69 Å². The Morgan fingerprint density at radius 1 is 1.06 bits per heavy atom. The number of rotatable bonds is 7. The van der Waals surface area contributed by atoms with E-state index in [4.69, 9.17) is 0 Å². The first-order valence-corrected chi connectivity index (χ1v) is 12.8. The van der Waals surface area contributed by atoms with Gasteiger partial charge in [-0.25, -0.2) is 8.42 Å². The Morgan fingerprint density at radius 2 is 1.85 bits per heavy atom. The molecule has 1 heterocycles. The van der Waals surface area contributed by atoms with E-state index in [1.54, 1.807) is 12.1 Å². The lowest BCUT2D eigenvalue weighted by atomic mass is 9.90. The van der Waals surface area contributed by atoms with Crippen LogP contribution in [-0.4, -0.2) is 25.4 Å². The lowest BCUT2D eigenvalue weighted by Crippen LogP contribution is -2.44. The van der Waals surface area contributed by atoms with Crippen molar-refractivity contribution in [3.63, 3.8) is 0 Å². The van der Waals surface area contributed by atoms with E-state index in [-0.39, 0.29) is 22.3 Å². The first-order valence-electron chi connectivity index (χ1n) is 11.3. The van der Waals surface area contributed by atoms with Crippen molar-refractivity contribution in [2.24, 2.45) is 5.92 Å². The monoisotopic (exact) mass is 467 g/mol. The number of nitrogens with one attached hydrogen (secondary N) is 3. The maximum atomic E-state index is 13.2. The minimum absolute atomic E-state index is 0.0423. The molecule has 2 aromatic carbocycles. The molecule has 3 N–H and O–H groups in total. The van der Waals surface area contributed by atoms with Crippen LogP contribution in [0.1, 0.15) is 44.2 Å². The van der Waals surface area contributed by atoms with Gasteiger partial charge in [0.05, 0.1) is 4.90 Å². The summed E-state index contributed by atoms with van der Waals surface area (Å²) in [5.74, 6) is -0.258. The number of H-pyrrole nitrogens is 1. The van der Waals surface area contributed by atoms with E-state index >= 15 is 0 Å². The fraction of sp³-hybridized carbons (Fsp3) is 0.360. The Hall–Kier alpha value is -2.97. The highest BCUT2D eigenvalue weighted by Crippen LogP contribution is 2.28. The number of amides is 1. The Labute approximate surface area is 193 Å². The quantitative estimate of drug-likeness (QED) is 0.492. The van der Waals surface area contributed by atoms with Crippen LogP contribution in [0.25, 0.3) is 10.9 Å². The number of aromatic amines is 1. The van der Waals surface area contributed by atoms with E-state index in [1.165, 1.54) is 23.8 Å². The molecule has 1 aliphatic rings. The molecule has 0 saturated heterocycles. The fourth-order valence-corrected chi connectivity index (χ4v) is 5.60. The van der Waals surface area contributed by atoms with Gasteiger partial charge in [0.25, 0.3) is 0 Å². The summed E-state index contributed by atoms with van der Waals surface area (Å²) in [7, 11) is -3.96. The van der Waals surface area contributed by atoms with Crippen molar-refractivity contribution in [1.29, 1.82) is 0 Å². The number of pyridine rings is 1. The molecular weight excluding hydrogens is 438 g/mol. The van der Waals surface area contributed by atoms with Crippen molar-refractivity contribution in [2.45, 2.75) is 56.9 Å². The molecule has 1 aromatic heterocycles. The van der Waals surface area contributed by atoms with Crippen molar-refractivity contribution in [3.05, 3.63) is 70.0 Å². The van der Waals surface area contributed by atoms with E-state index in [0.29, 0.717) is 17.3 Å². The second kappa shape index (κ2) is 9.49. The molecule has 1 amide bonds. The lowest BCUT2D eigenvalue weighted by molar-refractivity contribution is -0.118. The maximum Gasteiger partial charge on any atom is 0.248 e. The van der Waals surface area contributed by atoms with Crippen LogP contribution in [0.3, 0.4) is 0 Å². The molecular formula is C25H29N3O4S. The van der Waals surface area contributed by atoms with Gasteiger partial charge >= 0.3 is 0 Å². The first kappa shape index (κ1) is 23.2. The van der Waals surface area contributed by atoms with Gasteiger partial charge in [0.1, 0.15) is 6.04 Å². The fourth-order valence-electron chi connectivity index (χ4n) is 4.35. The van der Waals surface area contributed by atoms with Gasteiger partial charge in [-0.2, -0.15) is 4.72 Å². The van der Waals surface area contributed by atoms with Crippen molar-refractivity contribution in [2.75, 3.05) is 5.32 Å². The molecule has 1 atom stereocenters. The number of anilines is 1. The maximum absolute atomic E-state index is 13.2. The number of hydrogen-bond acceptors (Lipinski definition) is 4. The third kappa shape index (κ3) is 5.34. The minimum Gasteiger partial charge on any atom is -0.324 e. The van der Waals surface area contributed by atoms with E-state index in [0.717, 1.165) is 36.9 Å². The largest absolute Gasteiger partial charge is 0.324 e. The summed E-state index contributed by atoms with van der Waals surface area (Å²) in [6.07, 6.45) is 4.48. The molecule has 0 fully saturated rings. The van der Waals surface area contributed by atoms with E-state index < -0.39 is 16.1 Å². The number of aromatic nitrogens is 1. The SMILES string of the molecule is CC(C)C[C@H](NS(=O)(=O)c1ccc2[nH]c(=O)ccc2c1)C(=O)Nc1cccc2c1CCCC2. The molecule has 33 heavy (non-hydrogen) atoms. The normalized spacial score (nSPS) is 14.8. The second-order valence-electron chi connectivity index (χ2n) is 9.01. The lowest BCUT2D eigenvalue weighted by Gasteiger charge is -2.23. The summed E-state index contributed by atoms with van der Waals surface area (Å²) in [6.45, 7) is 3.90. The highest BCUT2D eigenvalue weighted by atomic mass is 32.2. The number of hydrogen-bond donors (Lipinski definition) is 3. The summed E-state index contributed by atoms with van der Waals surface area (Å²) in [5.41, 5.74) is 3.45. The average molecular weight is 468 g/mol. The van der Waals surface area contributed by atoms with Crippen LogP contribution in [-0.2, 0) is 27.7 Å². The summed E-state index contributed by atoms with van der Waals surface area (Å²) >= 11 is 0. The van der Waals surface area contributed by atoms with Crippen molar-refractivity contribution >= 4 is 32.5 Å². The molecule has 0 radical (unpaired) electrons. The zero-order valence-electron chi connectivity index (χ0n) is 18.9. The molecule has 174 valence electrons. The second-order valence-corrected chi connectivity index (χ2v) is 10.7. The molecule has 3 aromatic rings. The molecule has 0 aliphatic heterocycles. The predicted octanol–water partition coefficient (Wildman–Crippen LogP) is 3.74. The smallest absolute Gasteiger partial charge is 0.248 e. The van der Waals surface area contributed by atoms with Gasteiger partial charge in [-0.15, -0.1) is 0 Å². The van der Waals surface area contributed by atoms with Crippen LogP contribution < -0.4 is 15.6 Å². The molecule has 7 nitrogen and oxygen atoms in total. The summed E-state index contributed by atoms with van der Waals surface area (Å²) in [5, 5.41) is 3.58. The Kier molecular flexibility index (Phi) is 6.67.